The van der Waals surface area contributed by atoms with Crippen LogP contribution >= 0.6 is 0 Å². The van der Waals surface area contributed by atoms with Gasteiger partial charge in [-0.05, 0) is 24.3 Å². The minimum Gasteiger partial charge on any atom is -0.321 e. The van der Waals surface area contributed by atoms with Crippen molar-refractivity contribution in [2.45, 2.75) is 0 Å². The molecule has 1 fully saturated rings. The molecule has 0 unspecified atom stereocenters. The van der Waals surface area contributed by atoms with Gasteiger partial charge in [0.2, 0.25) is 0 Å². The number of hydrogen-bond acceptors (Lipinski definition) is 4. The number of aromatic nitrogens is 1. The van der Waals surface area contributed by atoms with Gasteiger partial charge < -0.3 is 10.2 Å². The number of halogens is 1. The molecule has 0 aliphatic carbocycles. The van der Waals surface area contributed by atoms with Crippen LogP contribution in [-0.2, 0) is 4.79 Å². The number of quaternary nitrogens is 1. The first-order valence-corrected chi connectivity index (χ1v) is 8.32. The number of nitrogens with zero attached hydrogens (tertiary/aromatic N) is 2. The van der Waals surface area contributed by atoms with E-state index in [2.05, 4.69) is 10.3 Å². The molecule has 26 heavy (non-hydrogen) atoms. The molecule has 2 heterocycles. The summed E-state index contributed by atoms with van der Waals surface area (Å²) in [6.07, 6.45) is 1.66. The summed E-state index contributed by atoms with van der Waals surface area (Å²) in [6, 6.07) is 8.84. The number of rotatable bonds is 5. The highest BCUT2D eigenvalue weighted by atomic mass is 19.1. The van der Waals surface area contributed by atoms with Crippen molar-refractivity contribution in [2.24, 2.45) is 0 Å². The lowest BCUT2D eigenvalue weighted by Gasteiger charge is -2.27. The number of piperazine rings is 1. The van der Waals surface area contributed by atoms with Crippen molar-refractivity contribution < 1.29 is 24.0 Å². The SMILES string of the molecule is O=C(C[NH+]1CCN(c2[nH+]cccc2[N+](=O)[O-])CC1)Nc1cccc(F)c1. The normalized spacial score (nSPS) is 14.9. The summed E-state index contributed by atoms with van der Waals surface area (Å²) < 4.78 is 13.2. The molecule has 136 valence electrons. The van der Waals surface area contributed by atoms with E-state index in [1.165, 1.54) is 18.2 Å². The molecule has 0 atom stereocenters. The number of H-pyrrole nitrogens is 1. The third-order valence-corrected chi connectivity index (χ3v) is 4.32. The summed E-state index contributed by atoms with van der Waals surface area (Å²) in [5.74, 6) is -0.0958. The zero-order valence-electron chi connectivity index (χ0n) is 14.1. The monoisotopic (exact) mass is 361 g/mol. The van der Waals surface area contributed by atoms with Crippen molar-refractivity contribution in [2.75, 3.05) is 42.9 Å². The van der Waals surface area contributed by atoms with Gasteiger partial charge in [0, 0.05) is 11.8 Å². The maximum Gasteiger partial charge on any atom is 0.357 e. The van der Waals surface area contributed by atoms with E-state index < -0.39 is 10.7 Å². The molecule has 1 aliphatic rings. The predicted molar refractivity (Wildman–Crippen MR) is 92.5 cm³/mol. The van der Waals surface area contributed by atoms with Gasteiger partial charge in [0.15, 0.2) is 6.54 Å². The van der Waals surface area contributed by atoms with Crippen molar-refractivity contribution in [1.29, 1.82) is 0 Å². The molecule has 2 aromatic rings. The maximum absolute atomic E-state index is 13.2. The summed E-state index contributed by atoms with van der Waals surface area (Å²) in [5.41, 5.74) is 0.474. The van der Waals surface area contributed by atoms with E-state index in [9.17, 15) is 19.3 Å². The number of nitro groups is 1. The van der Waals surface area contributed by atoms with E-state index in [1.54, 1.807) is 24.4 Å². The molecule has 3 N–H and O–H groups in total. The Morgan fingerprint density at radius 2 is 2.08 bits per heavy atom. The van der Waals surface area contributed by atoms with Crippen LogP contribution in [0.15, 0.2) is 42.6 Å². The van der Waals surface area contributed by atoms with E-state index in [-0.39, 0.29) is 18.1 Å². The van der Waals surface area contributed by atoms with Gasteiger partial charge in [0.1, 0.15) is 32.0 Å². The van der Waals surface area contributed by atoms with Crippen LogP contribution < -0.4 is 20.1 Å². The van der Waals surface area contributed by atoms with E-state index in [0.717, 1.165) is 4.90 Å². The third kappa shape index (κ3) is 4.31. The van der Waals surface area contributed by atoms with Crippen molar-refractivity contribution in [3.63, 3.8) is 0 Å². The summed E-state index contributed by atoms with van der Waals surface area (Å²) in [4.78, 5) is 28.8. The number of anilines is 2. The van der Waals surface area contributed by atoms with Crippen LogP contribution in [0.4, 0.5) is 21.6 Å². The molecule has 9 heteroatoms. The van der Waals surface area contributed by atoms with Crippen LogP contribution in [0.1, 0.15) is 0 Å². The fourth-order valence-corrected chi connectivity index (χ4v) is 3.04. The first-order valence-electron chi connectivity index (χ1n) is 8.32. The average Bonchev–Trinajstić information content (AvgIpc) is 2.62. The molecule has 3 rings (SSSR count). The van der Waals surface area contributed by atoms with E-state index in [4.69, 9.17) is 0 Å². The van der Waals surface area contributed by atoms with Gasteiger partial charge in [-0.25, -0.2) is 14.3 Å². The molecule has 8 nitrogen and oxygen atoms in total. The number of benzene rings is 1. The van der Waals surface area contributed by atoms with Crippen molar-refractivity contribution in [3.8, 4) is 0 Å². The van der Waals surface area contributed by atoms with E-state index in [0.29, 0.717) is 37.7 Å². The number of hydrogen-bond donors (Lipinski definition) is 2. The molecule has 1 aromatic heterocycles. The first-order chi connectivity index (χ1) is 12.5. The fourth-order valence-electron chi connectivity index (χ4n) is 3.04. The lowest BCUT2D eigenvalue weighted by molar-refractivity contribution is -0.892. The van der Waals surface area contributed by atoms with Gasteiger partial charge in [0.25, 0.3) is 5.91 Å². The molecule has 1 aliphatic heterocycles. The Labute approximate surface area is 149 Å². The number of carbonyl (C=O) groups is 1. The highest BCUT2D eigenvalue weighted by Gasteiger charge is 2.33. The Kier molecular flexibility index (Phi) is 5.37. The molecule has 1 aromatic carbocycles. The molecular formula is C17H20FN5O3+2. The largest absolute Gasteiger partial charge is 0.357 e. The maximum atomic E-state index is 13.2. The van der Waals surface area contributed by atoms with Gasteiger partial charge in [-0.1, -0.05) is 6.07 Å². The van der Waals surface area contributed by atoms with Crippen molar-refractivity contribution >= 4 is 23.1 Å². The average molecular weight is 361 g/mol. The number of carbonyl (C=O) groups excluding carboxylic acids is 1. The van der Waals surface area contributed by atoms with Gasteiger partial charge >= 0.3 is 11.5 Å². The van der Waals surface area contributed by atoms with Crippen LogP contribution in [0.5, 0.6) is 0 Å². The molecule has 0 saturated carbocycles. The van der Waals surface area contributed by atoms with Gasteiger partial charge in [-0.3, -0.25) is 14.9 Å². The number of pyridine rings is 1. The Hall–Kier alpha value is -3.07. The number of aromatic amines is 1. The second-order valence-electron chi connectivity index (χ2n) is 6.13. The van der Waals surface area contributed by atoms with Crippen LogP contribution in [0, 0.1) is 15.9 Å². The molecule has 1 saturated heterocycles. The third-order valence-electron chi connectivity index (χ3n) is 4.32. The first kappa shape index (κ1) is 17.7. The fraction of sp³-hybridized carbons (Fsp3) is 0.294. The minimum atomic E-state index is -0.405. The van der Waals surface area contributed by atoms with Crippen molar-refractivity contribution in [1.82, 2.24) is 0 Å². The smallest absolute Gasteiger partial charge is 0.321 e. The summed E-state index contributed by atoms with van der Waals surface area (Å²) in [7, 11) is 0. The summed E-state index contributed by atoms with van der Waals surface area (Å²) in [6.45, 7) is 2.83. The highest BCUT2D eigenvalue weighted by Crippen LogP contribution is 2.21. The quantitative estimate of drug-likeness (QED) is 0.574. The highest BCUT2D eigenvalue weighted by molar-refractivity contribution is 5.91. The van der Waals surface area contributed by atoms with Crippen LogP contribution in [0.3, 0.4) is 0 Å². The second kappa shape index (κ2) is 7.87. The minimum absolute atomic E-state index is 0.0415. The lowest BCUT2D eigenvalue weighted by atomic mass is 10.2. The Balaban J connectivity index is 1.54. The second-order valence-corrected chi connectivity index (χ2v) is 6.13. The van der Waals surface area contributed by atoms with Crippen molar-refractivity contribution in [3.05, 3.63) is 58.5 Å². The molecule has 0 radical (unpaired) electrons. The molecule has 0 spiro atoms. The van der Waals surface area contributed by atoms with E-state index in [1.807, 2.05) is 4.90 Å². The Bertz CT molecular complexity index is 808. The lowest BCUT2D eigenvalue weighted by Crippen LogP contribution is -3.15. The number of amides is 1. The molecular weight excluding hydrogens is 341 g/mol. The molecule has 1 amide bonds. The molecule has 0 bridgehead atoms. The van der Waals surface area contributed by atoms with E-state index >= 15 is 0 Å². The Morgan fingerprint density at radius 3 is 2.77 bits per heavy atom. The van der Waals surface area contributed by atoms with Crippen LogP contribution in [-0.4, -0.2) is 43.6 Å². The van der Waals surface area contributed by atoms with Gasteiger partial charge in [-0.2, -0.15) is 0 Å². The zero-order valence-corrected chi connectivity index (χ0v) is 14.1. The summed E-state index contributed by atoms with van der Waals surface area (Å²) >= 11 is 0. The standard InChI is InChI=1S/C17H18FN5O3/c18-13-3-1-4-14(11-13)20-16(24)12-21-7-9-22(10-8-21)17-15(23(25)26)5-2-6-19-17/h1-6,11H,7-10,12H2,(H,20,24)/p+2. The summed E-state index contributed by atoms with van der Waals surface area (Å²) in [5, 5.41) is 13.8. The van der Waals surface area contributed by atoms with Gasteiger partial charge in [0.05, 0.1) is 11.1 Å². The number of nitrogens with one attached hydrogen (secondary N) is 3. The van der Waals surface area contributed by atoms with Crippen LogP contribution in [0.2, 0.25) is 0 Å². The Morgan fingerprint density at radius 1 is 1.31 bits per heavy atom. The topological polar surface area (TPSA) is 94.1 Å². The zero-order chi connectivity index (χ0) is 18.5. The predicted octanol–water partition coefficient (Wildman–Crippen LogP) is -0.108. The van der Waals surface area contributed by atoms with Crippen LogP contribution in [0.25, 0.3) is 0 Å². The van der Waals surface area contributed by atoms with Gasteiger partial charge in [-0.15, -0.1) is 0 Å².